The number of carbonyl (C=O) groups excluding carboxylic acids is 1. The van der Waals surface area contributed by atoms with E-state index in [1.54, 1.807) is 0 Å². The van der Waals surface area contributed by atoms with Crippen molar-refractivity contribution in [3.63, 3.8) is 0 Å². The molecular weight excluding hydrogens is 400 g/mol. The molecule has 1 N–H and O–H groups in total. The van der Waals surface area contributed by atoms with E-state index in [1.807, 2.05) is 0 Å². The maximum absolute atomic E-state index is 13.1. The van der Waals surface area contributed by atoms with Crippen molar-refractivity contribution in [2.75, 3.05) is 10.6 Å². The minimum absolute atomic E-state index is 0.0885. The van der Waals surface area contributed by atoms with E-state index in [2.05, 4.69) is 5.32 Å². The number of alkyl halides is 3. The van der Waals surface area contributed by atoms with Crippen molar-refractivity contribution in [3.8, 4) is 0 Å². The van der Waals surface area contributed by atoms with Crippen LogP contribution in [0.1, 0.15) is 18.1 Å². The van der Waals surface area contributed by atoms with Crippen LogP contribution in [0.5, 0.6) is 0 Å². The normalized spacial score (nSPS) is 13.1. The van der Waals surface area contributed by atoms with Gasteiger partial charge in [-0.2, -0.15) is 13.2 Å². The minimum atomic E-state index is -4.51. The van der Waals surface area contributed by atoms with Crippen LogP contribution in [0.4, 0.5) is 23.2 Å². The Labute approximate surface area is 160 Å². The van der Waals surface area contributed by atoms with Crippen LogP contribution in [-0.2, 0) is 27.5 Å². The lowest BCUT2D eigenvalue weighted by molar-refractivity contribution is -0.137. The average Bonchev–Trinajstić information content (AvgIpc) is 2.60. The number of nitrogens with zero attached hydrogens (tertiary/aromatic N) is 1. The van der Waals surface area contributed by atoms with Gasteiger partial charge in [0.15, 0.2) is 0 Å². The minimum Gasteiger partial charge on any atom is -0.350 e. The fourth-order valence-corrected chi connectivity index (χ4v) is 3.77. The first-order valence-electron chi connectivity index (χ1n) is 8.08. The molecular formula is C18H18F4N2O3S. The third-order valence-corrected chi connectivity index (χ3v) is 5.13. The molecule has 0 spiro atoms. The van der Waals surface area contributed by atoms with Crippen molar-refractivity contribution in [1.82, 2.24) is 5.32 Å². The Bertz CT molecular complexity index is 944. The third kappa shape index (κ3) is 5.44. The molecule has 28 heavy (non-hydrogen) atoms. The molecule has 0 fully saturated rings. The molecule has 0 unspecified atom stereocenters. The SMILES string of the molecule is C[C@@H](C(=O)NCc1cccc(C(F)(F)F)c1)N(c1ccc(F)cc1)S(C)(=O)=O. The van der Waals surface area contributed by atoms with Crippen LogP contribution in [0, 0.1) is 5.82 Å². The Hall–Kier alpha value is -2.62. The summed E-state index contributed by atoms with van der Waals surface area (Å²) < 4.78 is 76.4. The lowest BCUT2D eigenvalue weighted by Gasteiger charge is -2.28. The van der Waals surface area contributed by atoms with Crippen molar-refractivity contribution in [2.45, 2.75) is 25.7 Å². The highest BCUT2D eigenvalue weighted by Gasteiger charge is 2.31. The van der Waals surface area contributed by atoms with Gasteiger partial charge in [-0.05, 0) is 48.9 Å². The molecule has 0 aliphatic heterocycles. The zero-order valence-electron chi connectivity index (χ0n) is 15.0. The van der Waals surface area contributed by atoms with Gasteiger partial charge in [0.05, 0.1) is 17.5 Å². The van der Waals surface area contributed by atoms with Crippen molar-refractivity contribution in [2.24, 2.45) is 0 Å². The van der Waals surface area contributed by atoms with E-state index < -0.39 is 39.5 Å². The van der Waals surface area contributed by atoms with Gasteiger partial charge in [-0.15, -0.1) is 0 Å². The predicted molar refractivity (Wildman–Crippen MR) is 96.5 cm³/mol. The molecule has 0 bridgehead atoms. The van der Waals surface area contributed by atoms with Crippen LogP contribution < -0.4 is 9.62 Å². The summed E-state index contributed by atoms with van der Waals surface area (Å²) in [5.74, 6) is -1.29. The number of sulfonamides is 1. The predicted octanol–water partition coefficient (Wildman–Crippen LogP) is 3.32. The third-order valence-electron chi connectivity index (χ3n) is 3.89. The Morgan fingerprint density at radius 2 is 1.75 bits per heavy atom. The lowest BCUT2D eigenvalue weighted by atomic mass is 10.1. The summed E-state index contributed by atoms with van der Waals surface area (Å²) in [4.78, 5) is 12.4. The summed E-state index contributed by atoms with van der Waals surface area (Å²) in [7, 11) is -3.88. The standard InChI is InChI=1S/C18H18F4N2O3S/c1-12(24(28(2,26)27)16-8-6-15(19)7-9-16)17(25)23-11-13-4-3-5-14(10-13)18(20,21)22/h3-10,12H,11H2,1-2H3,(H,23,25)/t12-/m0/s1. The Morgan fingerprint density at radius 1 is 1.14 bits per heavy atom. The van der Waals surface area contributed by atoms with E-state index in [-0.39, 0.29) is 17.8 Å². The molecule has 10 heteroatoms. The molecule has 5 nitrogen and oxygen atoms in total. The number of nitrogens with one attached hydrogen (secondary N) is 1. The van der Waals surface area contributed by atoms with E-state index in [1.165, 1.54) is 31.2 Å². The van der Waals surface area contributed by atoms with E-state index in [0.717, 1.165) is 34.8 Å². The van der Waals surface area contributed by atoms with Gasteiger partial charge >= 0.3 is 6.18 Å². The fourth-order valence-electron chi connectivity index (χ4n) is 2.59. The second-order valence-electron chi connectivity index (χ2n) is 6.13. The smallest absolute Gasteiger partial charge is 0.350 e. The Balaban J connectivity index is 2.17. The number of rotatable bonds is 6. The van der Waals surface area contributed by atoms with Crippen molar-refractivity contribution in [3.05, 3.63) is 65.5 Å². The first-order chi connectivity index (χ1) is 12.9. The largest absolute Gasteiger partial charge is 0.416 e. The first kappa shape index (κ1) is 21.7. The quantitative estimate of drug-likeness (QED) is 0.732. The van der Waals surface area contributed by atoms with Crippen LogP contribution >= 0.6 is 0 Å². The molecule has 1 atom stereocenters. The molecule has 2 aromatic carbocycles. The van der Waals surface area contributed by atoms with Crippen LogP contribution in [0.2, 0.25) is 0 Å². The lowest BCUT2D eigenvalue weighted by Crippen LogP contribution is -2.47. The highest BCUT2D eigenvalue weighted by molar-refractivity contribution is 7.92. The van der Waals surface area contributed by atoms with Gasteiger partial charge in [0.1, 0.15) is 11.9 Å². The van der Waals surface area contributed by atoms with Crippen LogP contribution in [0.15, 0.2) is 48.5 Å². The van der Waals surface area contributed by atoms with Crippen LogP contribution in [0.25, 0.3) is 0 Å². The Kier molecular flexibility index (Phi) is 6.33. The van der Waals surface area contributed by atoms with E-state index in [0.29, 0.717) is 0 Å². The number of benzene rings is 2. The summed E-state index contributed by atoms with van der Waals surface area (Å²) in [6, 6.07) is 7.78. The van der Waals surface area contributed by atoms with E-state index in [9.17, 15) is 30.8 Å². The summed E-state index contributed by atoms with van der Waals surface area (Å²) >= 11 is 0. The molecule has 0 radical (unpaired) electrons. The maximum Gasteiger partial charge on any atom is 0.416 e. The fraction of sp³-hybridized carbons (Fsp3) is 0.278. The van der Waals surface area contributed by atoms with Gasteiger partial charge in [-0.25, -0.2) is 12.8 Å². The van der Waals surface area contributed by atoms with Gasteiger partial charge in [0.25, 0.3) is 0 Å². The number of hydrogen-bond acceptors (Lipinski definition) is 3. The molecule has 0 heterocycles. The number of carbonyl (C=O) groups is 1. The van der Waals surface area contributed by atoms with Crippen molar-refractivity contribution >= 4 is 21.6 Å². The van der Waals surface area contributed by atoms with Gasteiger partial charge in [0, 0.05) is 6.54 Å². The summed E-state index contributed by atoms with van der Waals surface area (Å²) in [6.45, 7) is 1.11. The molecule has 0 saturated heterocycles. The average molecular weight is 418 g/mol. The molecule has 0 saturated carbocycles. The second kappa shape index (κ2) is 8.17. The zero-order valence-corrected chi connectivity index (χ0v) is 15.8. The van der Waals surface area contributed by atoms with Gasteiger partial charge in [-0.3, -0.25) is 9.10 Å². The summed E-state index contributed by atoms with van der Waals surface area (Å²) in [5.41, 5.74) is -0.551. The van der Waals surface area contributed by atoms with Crippen molar-refractivity contribution in [1.29, 1.82) is 0 Å². The van der Waals surface area contributed by atoms with E-state index >= 15 is 0 Å². The molecule has 0 aliphatic carbocycles. The summed E-state index contributed by atoms with van der Waals surface area (Å²) in [5, 5.41) is 2.42. The molecule has 2 aromatic rings. The molecule has 2 rings (SSSR count). The van der Waals surface area contributed by atoms with Crippen LogP contribution in [0.3, 0.4) is 0 Å². The second-order valence-corrected chi connectivity index (χ2v) is 7.99. The molecule has 0 aliphatic rings. The van der Waals surface area contributed by atoms with E-state index in [4.69, 9.17) is 0 Å². The zero-order chi connectivity index (χ0) is 21.1. The molecule has 0 aromatic heterocycles. The molecule has 152 valence electrons. The highest BCUT2D eigenvalue weighted by Crippen LogP contribution is 2.29. The Morgan fingerprint density at radius 3 is 2.29 bits per heavy atom. The first-order valence-corrected chi connectivity index (χ1v) is 9.93. The topological polar surface area (TPSA) is 66.5 Å². The number of amides is 1. The van der Waals surface area contributed by atoms with Gasteiger partial charge in [-0.1, -0.05) is 12.1 Å². The monoisotopic (exact) mass is 418 g/mol. The van der Waals surface area contributed by atoms with Crippen LogP contribution in [-0.4, -0.2) is 26.6 Å². The number of anilines is 1. The molecule has 1 amide bonds. The summed E-state index contributed by atoms with van der Waals surface area (Å²) in [6.07, 6.45) is -3.62. The highest BCUT2D eigenvalue weighted by atomic mass is 32.2. The maximum atomic E-state index is 13.1. The van der Waals surface area contributed by atoms with Gasteiger partial charge in [0.2, 0.25) is 15.9 Å². The van der Waals surface area contributed by atoms with Gasteiger partial charge < -0.3 is 5.32 Å². The number of halogens is 4. The number of hydrogen-bond donors (Lipinski definition) is 1. The van der Waals surface area contributed by atoms with Crippen molar-refractivity contribution < 1.29 is 30.8 Å².